The Morgan fingerprint density at radius 1 is 1.67 bits per heavy atom. The number of carboxylic acid groups (broad SMARTS) is 1. The quantitative estimate of drug-likeness (QED) is 0.876. The van der Waals surface area contributed by atoms with Gasteiger partial charge in [0.15, 0.2) is 0 Å². The van der Waals surface area contributed by atoms with E-state index in [9.17, 15) is 4.79 Å². The van der Waals surface area contributed by atoms with Crippen LogP contribution < -0.4 is 0 Å². The predicted octanol–water partition coefficient (Wildman–Crippen LogP) is 1.99. The Kier molecular flexibility index (Phi) is 2.45. The minimum atomic E-state index is -0.999. The minimum absolute atomic E-state index is 0.168. The molecule has 0 aliphatic carbocycles. The van der Waals surface area contributed by atoms with Crippen LogP contribution in [0.15, 0.2) is 11.6 Å². The third-order valence-electron chi connectivity index (χ3n) is 1.79. The summed E-state index contributed by atoms with van der Waals surface area (Å²) in [5.41, 5.74) is 0.621. The summed E-state index contributed by atoms with van der Waals surface area (Å²) >= 11 is 6.96. The van der Waals surface area contributed by atoms with Crippen molar-refractivity contribution in [2.45, 2.75) is 6.92 Å². The van der Waals surface area contributed by atoms with Crippen LogP contribution >= 0.6 is 22.9 Å². The van der Waals surface area contributed by atoms with Crippen molar-refractivity contribution in [2.24, 2.45) is 0 Å². The summed E-state index contributed by atoms with van der Waals surface area (Å²) in [6, 6.07) is 0. The van der Waals surface area contributed by atoms with E-state index in [0.717, 1.165) is 0 Å². The molecule has 0 aliphatic heterocycles. The average Bonchev–Trinajstić information content (AvgIpc) is 2.71. The molecule has 5 nitrogen and oxygen atoms in total. The minimum Gasteiger partial charge on any atom is -0.478 e. The Morgan fingerprint density at radius 3 is 2.87 bits per heavy atom. The van der Waals surface area contributed by atoms with Crippen LogP contribution in [0.3, 0.4) is 0 Å². The van der Waals surface area contributed by atoms with Crippen LogP contribution in [0.5, 0.6) is 0 Å². The first kappa shape index (κ1) is 10.1. The van der Waals surface area contributed by atoms with Crippen molar-refractivity contribution in [3.63, 3.8) is 0 Å². The summed E-state index contributed by atoms with van der Waals surface area (Å²) in [6.45, 7) is 1.63. The summed E-state index contributed by atoms with van der Waals surface area (Å²) in [5.74, 6) is -0.999. The van der Waals surface area contributed by atoms with Crippen molar-refractivity contribution >= 4 is 28.9 Å². The number of halogens is 1. The van der Waals surface area contributed by atoms with Gasteiger partial charge < -0.3 is 5.11 Å². The molecule has 78 valence electrons. The molecular weight excluding hydrogens is 238 g/mol. The van der Waals surface area contributed by atoms with Gasteiger partial charge in [-0.05, 0) is 6.92 Å². The lowest BCUT2D eigenvalue weighted by Gasteiger charge is -1.91. The van der Waals surface area contributed by atoms with Crippen LogP contribution in [0.4, 0.5) is 0 Å². The molecule has 2 heterocycles. The molecule has 2 aromatic rings. The lowest BCUT2D eigenvalue weighted by molar-refractivity contribution is 0.0696. The molecule has 1 N–H and O–H groups in total. The number of carbonyl (C=O) groups is 1. The first-order valence-electron chi connectivity index (χ1n) is 3.99. The fourth-order valence-corrected chi connectivity index (χ4v) is 1.99. The number of nitrogens with zero attached hydrogens (tertiary/aromatic N) is 3. The van der Waals surface area contributed by atoms with E-state index in [-0.39, 0.29) is 5.56 Å². The average molecular weight is 244 g/mol. The van der Waals surface area contributed by atoms with Crippen LogP contribution in [-0.4, -0.2) is 25.8 Å². The second-order valence-corrected chi connectivity index (χ2v) is 4.05. The van der Waals surface area contributed by atoms with Gasteiger partial charge in [-0.1, -0.05) is 11.6 Å². The highest BCUT2D eigenvalue weighted by molar-refractivity contribution is 7.12. The summed E-state index contributed by atoms with van der Waals surface area (Å²) in [6.07, 6.45) is 1.42. The maximum absolute atomic E-state index is 10.8. The lowest BCUT2D eigenvalue weighted by Crippen LogP contribution is -1.95. The van der Waals surface area contributed by atoms with Crippen molar-refractivity contribution in [3.05, 3.63) is 28.0 Å². The topological polar surface area (TPSA) is 68.0 Å². The maximum atomic E-state index is 10.8. The summed E-state index contributed by atoms with van der Waals surface area (Å²) in [7, 11) is 0. The molecule has 0 amide bonds. The number of aromatic carboxylic acids is 1. The standard InChI is InChI=1S/C8H6ClN3O2S/c1-4-5(7(13)14)2-12(11-4)8-10-6(9)3-15-8/h2-3H,1H3,(H,13,14). The number of rotatable bonds is 2. The summed E-state index contributed by atoms with van der Waals surface area (Å²) < 4.78 is 1.41. The van der Waals surface area contributed by atoms with Gasteiger partial charge >= 0.3 is 5.97 Å². The van der Waals surface area contributed by atoms with Crippen molar-refractivity contribution in [3.8, 4) is 5.13 Å². The smallest absolute Gasteiger partial charge is 0.339 e. The Labute approximate surface area is 93.9 Å². The molecule has 0 radical (unpaired) electrons. The number of aromatic nitrogens is 3. The summed E-state index contributed by atoms with van der Waals surface area (Å²) in [5, 5.41) is 15.5. The second kappa shape index (κ2) is 3.63. The first-order valence-corrected chi connectivity index (χ1v) is 5.24. The van der Waals surface area contributed by atoms with Gasteiger partial charge in [-0.2, -0.15) is 5.10 Å². The van der Waals surface area contributed by atoms with E-state index in [2.05, 4.69) is 10.1 Å². The Hall–Kier alpha value is -1.40. The fraction of sp³-hybridized carbons (Fsp3) is 0.125. The molecule has 0 unspecified atom stereocenters. The van der Waals surface area contributed by atoms with E-state index in [0.29, 0.717) is 16.0 Å². The number of hydrogen-bond donors (Lipinski definition) is 1. The first-order chi connectivity index (χ1) is 7.08. The molecular formula is C8H6ClN3O2S. The number of hydrogen-bond acceptors (Lipinski definition) is 4. The van der Waals surface area contributed by atoms with Gasteiger partial charge in [-0.15, -0.1) is 11.3 Å². The highest BCUT2D eigenvalue weighted by atomic mass is 35.5. The van der Waals surface area contributed by atoms with Crippen LogP contribution in [0.2, 0.25) is 5.15 Å². The monoisotopic (exact) mass is 243 g/mol. The largest absolute Gasteiger partial charge is 0.478 e. The summed E-state index contributed by atoms with van der Waals surface area (Å²) in [4.78, 5) is 14.8. The van der Waals surface area contributed by atoms with Gasteiger partial charge in [0.1, 0.15) is 10.7 Å². The van der Waals surface area contributed by atoms with E-state index < -0.39 is 5.97 Å². The molecule has 0 fully saturated rings. The van der Waals surface area contributed by atoms with E-state index in [4.69, 9.17) is 16.7 Å². The molecule has 2 aromatic heterocycles. The maximum Gasteiger partial charge on any atom is 0.339 e. The van der Waals surface area contributed by atoms with Crippen molar-refractivity contribution in [2.75, 3.05) is 0 Å². The van der Waals surface area contributed by atoms with Crippen LogP contribution in [0, 0.1) is 6.92 Å². The van der Waals surface area contributed by atoms with Crippen molar-refractivity contribution in [1.29, 1.82) is 0 Å². The molecule has 2 rings (SSSR count). The van der Waals surface area contributed by atoms with Gasteiger partial charge in [0.05, 0.1) is 5.69 Å². The third-order valence-corrected chi connectivity index (χ3v) is 2.94. The zero-order chi connectivity index (χ0) is 11.0. The number of aryl methyl sites for hydroxylation is 1. The van der Waals surface area contributed by atoms with E-state index >= 15 is 0 Å². The number of thiazole rings is 1. The lowest BCUT2D eigenvalue weighted by atomic mass is 10.3. The zero-order valence-corrected chi connectivity index (χ0v) is 9.21. The van der Waals surface area contributed by atoms with Crippen LogP contribution in [0.25, 0.3) is 5.13 Å². The molecule has 0 aliphatic rings. The molecule has 0 bridgehead atoms. The van der Waals surface area contributed by atoms with Gasteiger partial charge in [0.2, 0.25) is 5.13 Å². The highest BCUT2D eigenvalue weighted by Crippen LogP contribution is 2.19. The zero-order valence-electron chi connectivity index (χ0n) is 7.64. The molecule has 7 heteroatoms. The third kappa shape index (κ3) is 1.86. The van der Waals surface area contributed by atoms with E-state index in [1.165, 1.54) is 22.2 Å². The van der Waals surface area contributed by atoms with Crippen LogP contribution in [-0.2, 0) is 0 Å². The normalized spacial score (nSPS) is 10.5. The predicted molar refractivity (Wildman–Crippen MR) is 55.9 cm³/mol. The van der Waals surface area contributed by atoms with E-state index in [1.807, 2.05) is 0 Å². The van der Waals surface area contributed by atoms with Crippen molar-refractivity contribution < 1.29 is 9.90 Å². The molecule has 0 atom stereocenters. The Morgan fingerprint density at radius 2 is 2.40 bits per heavy atom. The van der Waals surface area contributed by atoms with Crippen molar-refractivity contribution in [1.82, 2.24) is 14.8 Å². The van der Waals surface area contributed by atoms with Gasteiger partial charge in [-0.3, -0.25) is 0 Å². The molecule has 0 spiro atoms. The molecule has 15 heavy (non-hydrogen) atoms. The van der Waals surface area contributed by atoms with Crippen LogP contribution in [0.1, 0.15) is 16.1 Å². The highest BCUT2D eigenvalue weighted by Gasteiger charge is 2.13. The number of carboxylic acids is 1. The Bertz CT molecular complexity index is 520. The van der Waals surface area contributed by atoms with E-state index in [1.54, 1.807) is 12.3 Å². The second-order valence-electron chi connectivity index (χ2n) is 2.83. The Balaban J connectivity index is 2.46. The molecule has 0 saturated carbocycles. The molecule has 0 saturated heterocycles. The van der Waals surface area contributed by atoms with Gasteiger partial charge in [-0.25, -0.2) is 14.5 Å². The van der Waals surface area contributed by atoms with Gasteiger partial charge in [0, 0.05) is 11.6 Å². The molecule has 0 aromatic carbocycles. The van der Waals surface area contributed by atoms with Gasteiger partial charge in [0.25, 0.3) is 0 Å². The SMILES string of the molecule is Cc1nn(-c2nc(Cl)cs2)cc1C(=O)O. The fourth-order valence-electron chi connectivity index (χ4n) is 1.12.